The third-order valence-corrected chi connectivity index (χ3v) is 7.45. The highest BCUT2D eigenvalue weighted by atomic mass is 35.5. The molecule has 2 atom stereocenters. The minimum atomic E-state index is -4.05. The summed E-state index contributed by atoms with van der Waals surface area (Å²) in [5, 5.41) is -0.985. The molecule has 2 aromatic carbocycles. The van der Waals surface area contributed by atoms with Crippen molar-refractivity contribution < 1.29 is 27.5 Å². The zero-order chi connectivity index (χ0) is 21.2. The van der Waals surface area contributed by atoms with Gasteiger partial charge < -0.3 is 9.47 Å². The Hall–Kier alpha value is -2.38. The number of benzene rings is 2. The minimum absolute atomic E-state index is 0.000356. The second kappa shape index (κ2) is 8.16. The van der Waals surface area contributed by atoms with Crippen LogP contribution >= 0.6 is 11.6 Å². The zero-order valence-electron chi connectivity index (χ0n) is 16.0. The van der Waals surface area contributed by atoms with Gasteiger partial charge >= 0.3 is 11.9 Å². The molecule has 1 saturated carbocycles. The molecular weight excluding hydrogens is 416 g/mol. The SMILES string of the molecule is CCOC(=O)C1(C(=O)OCC)[C@H](c2cccc(Cl)c2)[C@H]1S(=O)(=O)c1ccccc1. The number of halogens is 1. The average Bonchev–Trinajstić information content (AvgIpc) is 3.42. The first-order valence-electron chi connectivity index (χ1n) is 9.20. The molecule has 154 valence electrons. The molecule has 0 N–H and O–H groups in total. The van der Waals surface area contributed by atoms with Crippen LogP contribution in [0, 0.1) is 5.41 Å². The van der Waals surface area contributed by atoms with Crippen LogP contribution in [0.2, 0.25) is 5.02 Å². The van der Waals surface area contributed by atoms with Crippen molar-refractivity contribution in [1.82, 2.24) is 0 Å². The van der Waals surface area contributed by atoms with Crippen LogP contribution in [-0.4, -0.2) is 38.8 Å². The van der Waals surface area contributed by atoms with Gasteiger partial charge in [0.15, 0.2) is 15.3 Å². The van der Waals surface area contributed by atoms with Crippen molar-refractivity contribution >= 4 is 33.4 Å². The second-order valence-corrected chi connectivity index (χ2v) is 9.13. The summed E-state index contributed by atoms with van der Waals surface area (Å²) < 4.78 is 37.2. The first-order valence-corrected chi connectivity index (χ1v) is 11.1. The maximum Gasteiger partial charge on any atom is 0.325 e. The Kier molecular flexibility index (Phi) is 6.00. The van der Waals surface area contributed by atoms with Crippen LogP contribution in [0.4, 0.5) is 0 Å². The molecule has 6 nitrogen and oxygen atoms in total. The van der Waals surface area contributed by atoms with E-state index in [-0.39, 0.29) is 18.1 Å². The molecule has 1 aliphatic rings. The highest BCUT2D eigenvalue weighted by molar-refractivity contribution is 7.92. The van der Waals surface area contributed by atoms with Crippen LogP contribution in [0.5, 0.6) is 0 Å². The largest absolute Gasteiger partial charge is 0.465 e. The quantitative estimate of drug-likeness (QED) is 0.488. The predicted octanol–water partition coefficient (Wildman–Crippen LogP) is 3.39. The number of hydrogen-bond acceptors (Lipinski definition) is 6. The predicted molar refractivity (Wildman–Crippen MR) is 107 cm³/mol. The Balaban J connectivity index is 2.21. The second-order valence-electron chi connectivity index (χ2n) is 6.62. The Morgan fingerprint density at radius 2 is 1.55 bits per heavy atom. The van der Waals surface area contributed by atoms with Crippen LogP contribution < -0.4 is 0 Å². The third-order valence-electron chi connectivity index (χ3n) is 4.97. The number of esters is 2. The molecule has 0 spiro atoms. The molecule has 0 saturated heterocycles. The number of carbonyl (C=O) groups excluding carboxylic acids is 2. The molecule has 3 rings (SSSR count). The summed E-state index contributed by atoms with van der Waals surface area (Å²) in [7, 11) is -4.05. The van der Waals surface area contributed by atoms with Crippen LogP contribution in [0.1, 0.15) is 25.3 Å². The maximum absolute atomic E-state index is 13.4. The first-order chi connectivity index (χ1) is 13.8. The van der Waals surface area contributed by atoms with Gasteiger partial charge in [0.2, 0.25) is 0 Å². The topological polar surface area (TPSA) is 86.7 Å². The molecule has 29 heavy (non-hydrogen) atoms. The molecule has 8 heteroatoms. The summed E-state index contributed by atoms with van der Waals surface area (Å²) in [5.74, 6) is -2.79. The lowest BCUT2D eigenvalue weighted by Crippen LogP contribution is -2.35. The summed E-state index contributed by atoms with van der Waals surface area (Å²) in [6.07, 6.45) is 0. The van der Waals surface area contributed by atoms with Crippen LogP contribution in [0.15, 0.2) is 59.5 Å². The van der Waals surface area contributed by atoms with Gasteiger partial charge in [0.25, 0.3) is 0 Å². The van der Waals surface area contributed by atoms with E-state index in [4.69, 9.17) is 21.1 Å². The van der Waals surface area contributed by atoms with Gasteiger partial charge in [0.1, 0.15) is 5.25 Å². The summed E-state index contributed by atoms with van der Waals surface area (Å²) in [6, 6.07) is 14.2. The Labute approximate surface area is 174 Å². The number of hydrogen-bond donors (Lipinski definition) is 0. The van der Waals surface area contributed by atoms with Gasteiger partial charge in [-0.25, -0.2) is 8.42 Å². The normalized spacial score (nSPS) is 20.0. The zero-order valence-corrected chi connectivity index (χ0v) is 17.6. The van der Waals surface area contributed by atoms with E-state index in [1.165, 1.54) is 12.1 Å². The van der Waals surface area contributed by atoms with Gasteiger partial charge in [-0.2, -0.15) is 0 Å². The van der Waals surface area contributed by atoms with E-state index in [1.807, 2.05) is 0 Å². The maximum atomic E-state index is 13.4. The van der Waals surface area contributed by atoms with Crippen molar-refractivity contribution in [2.75, 3.05) is 13.2 Å². The van der Waals surface area contributed by atoms with Crippen LogP contribution in [-0.2, 0) is 28.9 Å². The first kappa shape index (κ1) is 21.3. The molecule has 0 amide bonds. The lowest BCUT2D eigenvalue weighted by Gasteiger charge is -2.15. The minimum Gasteiger partial charge on any atom is -0.465 e. The van der Waals surface area contributed by atoms with E-state index in [1.54, 1.807) is 56.3 Å². The van der Waals surface area contributed by atoms with E-state index in [9.17, 15) is 18.0 Å². The van der Waals surface area contributed by atoms with Crippen molar-refractivity contribution in [3.8, 4) is 0 Å². The fourth-order valence-corrected chi connectivity index (χ4v) is 6.25. The van der Waals surface area contributed by atoms with E-state index in [2.05, 4.69) is 0 Å². The smallest absolute Gasteiger partial charge is 0.325 e. The fraction of sp³-hybridized carbons (Fsp3) is 0.333. The average molecular weight is 437 g/mol. The van der Waals surface area contributed by atoms with Gasteiger partial charge in [-0.1, -0.05) is 41.9 Å². The molecule has 0 bridgehead atoms. The highest BCUT2D eigenvalue weighted by Crippen LogP contribution is 2.65. The van der Waals surface area contributed by atoms with Crippen LogP contribution in [0.3, 0.4) is 0 Å². The van der Waals surface area contributed by atoms with E-state index in [0.29, 0.717) is 10.6 Å². The standard InChI is InChI=1S/C21H21ClO6S/c1-3-27-19(23)21(20(24)28-4-2)17(14-9-8-10-15(22)13-14)18(21)29(25,26)16-11-6-5-7-12-16/h5-13,17-18H,3-4H2,1-2H3/t17-,18-/m1/s1. The molecule has 0 heterocycles. The molecule has 0 aromatic heterocycles. The molecule has 0 radical (unpaired) electrons. The van der Waals surface area contributed by atoms with Crippen molar-refractivity contribution in [2.45, 2.75) is 29.9 Å². The summed E-state index contributed by atoms with van der Waals surface area (Å²) in [5.41, 5.74) is -1.52. The van der Waals surface area contributed by atoms with Gasteiger partial charge in [-0.05, 0) is 43.7 Å². The monoisotopic (exact) mass is 436 g/mol. The van der Waals surface area contributed by atoms with Gasteiger partial charge in [-0.15, -0.1) is 0 Å². The van der Waals surface area contributed by atoms with E-state index >= 15 is 0 Å². The molecule has 0 unspecified atom stereocenters. The lowest BCUT2D eigenvalue weighted by atomic mass is 9.99. The fourth-order valence-electron chi connectivity index (χ4n) is 3.75. The van der Waals surface area contributed by atoms with Gasteiger partial charge in [0.05, 0.1) is 18.1 Å². The Bertz CT molecular complexity index is 1000. The molecule has 1 aliphatic carbocycles. The Morgan fingerprint density at radius 1 is 0.966 bits per heavy atom. The van der Waals surface area contributed by atoms with Crippen molar-refractivity contribution in [3.63, 3.8) is 0 Å². The number of carbonyl (C=O) groups is 2. The lowest BCUT2D eigenvalue weighted by molar-refractivity contribution is -0.164. The Morgan fingerprint density at radius 3 is 2.07 bits per heavy atom. The van der Waals surface area contributed by atoms with Gasteiger partial charge in [0, 0.05) is 10.9 Å². The summed E-state index contributed by atoms with van der Waals surface area (Å²) >= 11 is 6.09. The van der Waals surface area contributed by atoms with Crippen molar-refractivity contribution in [1.29, 1.82) is 0 Å². The van der Waals surface area contributed by atoms with E-state index in [0.717, 1.165) is 0 Å². The molecule has 2 aromatic rings. The summed E-state index contributed by atoms with van der Waals surface area (Å²) in [4.78, 5) is 26.0. The van der Waals surface area contributed by atoms with Crippen molar-refractivity contribution in [3.05, 3.63) is 65.2 Å². The number of rotatable bonds is 7. The van der Waals surface area contributed by atoms with Crippen LogP contribution in [0.25, 0.3) is 0 Å². The number of ether oxygens (including phenoxy) is 2. The molecule has 0 aliphatic heterocycles. The van der Waals surface area contributed by atoms with Crippen molar-refractivity contribution in [2.24, 2.45) is 5.41 Å². The van der Waals surface area contributed by atoms with Gasteiger partial charge in [-0.3, -0.25) is 9.59 Å². The van der Waals surface area contributed by atoms with E-state index < -0.39 is 38.4 Å². The summed E-state index contributed by atoms with van der Waals surface area (Å²) in [6.45, 7) is 3.18. The molecule has 1 fully saturated rings. The third kappa shape index (κ3) is 3.53. The molecular formula is C21H21ClO6S. The highest BCUT2D eigenvalue weighted by Gasteiger charge is 2.81. The number of sulfone groups is 1.